The second-order valence-corrected chi connectivity index (χ2v) is 2.39. The van der Waals surface area contributed by atoms with Gasteiger partial charge < -0.3 is 5.73 Å². The Balaban J connectivity index is 3.16. The van der Waals surface area contributed by atoms with Crippen LogP contribution >= 0.6 is 11.6 Å². The van der Waals surface area contributed by atoms with Crippen molar-refractivity contribution in [2.24, 2.45) is 4.99 Å². The van der Waals surface area contributed by atoms with Gasteiger partial charge in [0, 0.05) is 19.5 Å². The molecule has 11 heavy (non-hydrogen) atoms. The van der Waals surface area contributed by atoms with Crippen LogP contribution in [0.2, 0.25) is 5.02 Å². The Morgan fingerprint density at radius 1 is 1.73 bits per heavy atom. The van der Waals surface area contributed by atoms with E-state index in [2.05, 4.69) is 9.98 Å². The first-order valence-corrected chi connectivity index (χ1v) is 3.45. The minimum absolute atomic E-state index is 0.472. The number of aromatic nitrogens is 1. The lowest BCUT2D eigenvalue weighted by molar-refractivity contribution is 1.30. The van der Waals surface area contributed by atoms with Crippen molar-refractivity contribution in [1.29, 1.82) is 0 Å². The zero-order valence-electron chi connectivity index (χ0n) is 6.08. The minimum Gasteiger partial charge on any atom is -0.396 e. The predicted octanol–water partition coefficient (Wildman–Crippen LogP) is 1.37. The lowest BCUT2D eigenvalue weighted by Crippen LogP contribution is -1.96. The third kappa shape index (κ3) is 1.68. The molecule has 0 amide bonds. The maximum atomic E-state index is 5.72. The van der Waals surface area contributed by atoms with Crippen LogP contribution in [0.15, 0.2) is 17.3 Å². The zero-order chi connectivity index (χ0) is 8.27. The van der Waals surface area contributed by atoms with Crippen molar-refractivity contribution >= 4 is 23.5 Å². The Kier molecular flexibility index (Phi) is 2.44. The molecule has 1 heterocycles. The van der Waals surface area contributed by atoms with Gasteiger partial charge in [-0.3, -0.25) is 9.98 Å². The lowest BCUT2D eigenvalue weighted by Gasteiger charge is -1.98. The number of pyridine rings is 1. The van der Waals surface area contributed by atoms with Crippen molar-refractivity contribution in [3.8, 4) is 0 Å². The molecule has 0 unspecified atom stereocenters. The van der Waals surface area contributed by atoms with E-state index in [0.29, 0.717) is 16.4 Å². The molecular formula is C7H8ClN3. The minimum atomic E-state index is 0.472. The molecule has 0 spiro atoms. The summed E-state index contributed by atoms with van der Waals surface area (Å²) < 4.78 is 0. The van der Waals surface area contributed by atoms with Crippen molar-refractivity contribution in [3.63, 3.8) is 0 Å². The van der Waals surface area contributed by atoms with Crippen molar-refractivity contribution in [2.75, 3.05) is 12.8 Å². The number of hydrogen-bond acceptors (Lipinski definition) is 3. The van der Waals surface area contributed by atoms with E-state index in [0.717, 1.165) is 0 Å². The molecule has 0 saturated heterocycles. The summed E-state index contributed by atoms with van der Waals surface area (Å²) in [4.78, 5) is 7.75. The van der Waals surface area contributed by atoms with Gasteiger partial charge in [0.2, 0.25) is 0 Å². The molecule has 1 aromatic rings. The second kappa shape index (κ2) is 3.34. The highest BCUT2D eigenvalue weighted by Crippen LogP contribution is 2.18. The molecule has 0 atom stereocenters. The van der Waals surface area contributed by atoms with Crippen LogP contribution in [0.4, 0.5) is 5.69 Å². The van der Waals surface area contributed by atoms with E-state index < -0.39 is 0 Å². The number of aliphatic imine (C=N–C) groups is 1. The van der Waals surface area contributed by atoms with Crippen LogP contribution in [-0.2, 0) is 0 Å². The second-order valence-electron chi connectivity index (χ2n) is 1.98. The van der Waals surface area contributed by atoms with E-state index in [9.17, 15) is 0 Å². The average molecular weight is 170 g/mol. The maximum Gasteiger partial charge on any atom is 0.105 e. The summed E-state index contributed by atoms with van der Waals surface area (Å²) in [5.41, 5.74) is 6.67. The summed E-state index contributed by atoms with van der Waals surface area (Å²) in [6.45, 7) is 0. The van der Waals surface area contributed by atoms with Crippen LogP contribution in [0.1, 0.15) is 5.69 Å². The van der Waals surface area contributed by atoms with E-state index in [1.807, 2.05) is 0 Å². The van der Waals surface area contributed by atoms with Gasteiger partial charge in [-0.1, -0.05) is 11.6 Å². The third-order valence-corrected chi connectivity index (χ3v) is 1.55. The molecule has 2 N–H and O–H groups in total. The number of halogens is 1. The SMILES string of the molecule is CN=Cc1nccc(Cl)c1N. The molecule has 0 fully saturated rings. The van der Waals surface area contributed by atoms with Gasteiger partial charge in [-0.05, 0) is 6.07 Å². The molecule has 1 aromatic heterocycles. The highest BCUT2D eigenvalue weighted by atomic mass is 35.5. The van der Waals surface area contributed by atoms with Crippen LogP contribution in [0, 0.1) is 0 Å². The van der Waals surface area contributed by atoms with Crippen molar-refractivity contribution in [2.45, 2.75) is 0 Å². The summed E-state index contributed by atoms with van der Waals surface area (Å²) in [5.74, 6) is 0. The average Bonchev–Trinajstić information content (AvgIpc) is 1.99. The van der Waals surface area contributed by atoms with Gasteiger partial charge in [0.1, 0.15) is 5.69 Å². The van der Waals surface area contributed by atoms with E-state index in [-0.39, 0.29) is 0 Å². The van der Waals surface area contributed by atoms with Crippen LogP contribution in [0.5, 0.6) is 0 Å². The summed E-state index contributed by atoms with van der Waals surface area (Å²) >= 11 is 5.72. The Labute approximate surface area is 69.9 Å². The molecule has 0 bridgehead atoms. The molecule has 0 aliphatic carbocycles. The molecule has 0 saturated carbocycles. The largest absolute Gasteiger partial charge is 0.396 e. The van der Waals surface area contributed by atoms with Crippen molar-refractivity contribution in [3.05, 3.63) is 23.0 Å². The van der Waals surface area contributed by atoms with Crippen LogP contribution < -0.4 is 5.73 Å². The molecule has 1 rings (SSSR count). The summed E-state index contributed by atoms with van der Waals surface area (Å²) in [6.07, 6.45) is 3.16. The number of nitrogen functional groups attached to an aromatic ring is 1. The maximum absolute atomic E-state index is 5.72. The van der Waals surface area contributed by atoms with Crippen LogP contribution in [-0.4, -0.2) is 18.2 Å². The first-order valence-electron chi connectivity index (χ1n) is 3.08. The van der Waals surface area contributed by atoms with Gasteiger partial charge in [-0.25, -0.2) is 0 Å². The van der Waals surface area contributed by atoms with E-state index in [4.69, 9.17) is 17.3 Å². The summed E-state index contributed by atoms with van der Waals surface area (Å²) in [6, 6.07) is 1.64. The Morgan fingerprint density at radius 2 is 2.45 bits per heavy atom. The molecule has 3 nitrogen and oxygen atoms in total. The number of anilines is 1. The standard InChI is InChI=1S/C7H8ClN3/c1-10-4-6-7(9)5(8)2-3-11-6/h2-4H,9H2,1H3. The fourth-order valence-electron chi connectivity index (χ4n) is 0.690. The smallest absolute Gasteiger partial charge is 0.105 e. The van der Waals surface area contributed by atoms with Gasteiger partial charge in [0.25, 0.3) is 0 Å². The van der Waals surface area contributed by atoms with E-state index in [1.165, 1.54) is 0 Å². The zero-order valence-corrected chi connectivity index (χ0v) is 6.84. The van der Waals surface area contributed by atoms with Gasteiger partial charge >= 0.3 is 0 Å². The van der Waals surface area contributed by atoms with Gasteiger partial charge in [0.15, 0.2) is 0 Å². The molecule has 0 radical (unpaired) electrons. The molecule has 58 valence electrons. The van der Waals surface area contributed by atoms with Crippen molar-refractivity contribution < 1.29 is 0 Å². The summed E-state index contributed by atoms with van der Waals surface area (Å²) in [7, 11) is 1.65. The first-order chi connectivity index (χ1) is 5.25. The molecule has 0 aromatic carbocycles. The monoisotopic (exact) mass is 169 g/mol. The lowest BCUT2D eigenvalue weighted by atomic mass is 10.3. The highest BCUT2D eigenvalue weighted by molar-refractivity contribution is 6.33. The topological polar surface area (TPSA) is 51.3 Å². The van der Waals surface area contributed by atoms with Gasteiger partial charge in [-0.2, -0.15) is 0 Å². The van der Waals surface area contributed by atoms with Crippen LogP contribution in [0.25, 0.3) is 0 Å². The predicted molar refractivity (Wildman–Crippen MR) is 47.2 cm³/mol. The molecule has 0 aliphatic rings. The fourth-order valence-corrected chi connectivity index (χ4v) is 0.843. The fraction of sp³-hybridized carbons (Fsp3) is 0.143. The Bertz CT molecular complexity index is 283. The van der Waals surface area contributed by atoms with Crippen LogP contribution in [0.3, 0.4) is 0 Å². The highest BCUT2D eigenvalue weighted by Gasteiger charge is 1.99. The van der Waals surface area contributed by atoms with E-state index in [1.54, 1.807) is 25.5 Å². The Hall–Kier alpha value is -1.09. The normalized spacial score (nSPS) is 10.7. The quantitative estimate of drug-likeness (QED) is 0.646. The number of nitrogens with zero attached hydrogens (tertiary/aromatic N) is 2. The van der Waals surface area contributed by atoms with Gasteiger partial charge in [-0.15, -0.1) is 0 Å². The summed E-state index contributed by atoms with van der Waals surface area (Å²) in [5, 5.41) is 0.509. The Morgan fingerprint density at radius 3 is 3.09 bits per heavy atom. The van der Waals surface area contributed by atoms with Gasteiger partial charge in [0.05, 0.1) is 10.7 Å². The number of nitrogens with two attached hydrogens (primary N) is 1. The first kappa shape index (κ1) is 8.01. The number of hydrogen-bond donors (Lipinski definition) is 1. The van der Waals surface area contributed by atoms with E-state index >= 15 is 0 Å². The number of rotatable bonds is 1. The third-order valence-electron chi connectivity index (χ3n) is 1.22. The molecule has 0 aliphatic heterocycles. The molecule has 4 heteroatoms. The van der Waals surface area contributed by atoms with Crippen molar-refractivity contribution in [1.82, 2.24) is 4.98 Å². The molecular weight excluding hydrogens is 162 g/mol.